The first-order valence-electron chi connectivity index (χ1n) is 8.12. The average Bonchev–Trinajstić information content (AvgIpc) is 2.49. The number of hydrogen-bond acceptors (Lipinski definition) is 3. The van der Waals surface area contributed by atoms with Gasteiger partial charge in [-0.05, 0) is 32.8 Å². The highest BCUT2D eigenvalue weighted by atomic mass is 16.6. The van der Waals surface area contributed by atoms with E-state index in [-0.39, 0.29) is 6.04 Å². The molecule has 0 saturated heterocycles. The lowest BCUT2D eigenvalue weighted by atomic mass is 10.0. The molecular formula is C19H29NO3. The van der Waals surface area contributed by atoms with Crippen molar-refractivity contribution in [3.05, 3.63) is 48.6 Å². The van der Waals surface area contributed by atoms with Crippen molar-refractivity contribution in [1.82, 2.24) is 4.90 Å². The van der Waals surface area contributed by atoms with Crippen molar-refractivity contribution in [2.45, 2.75) is 64.8 Å². The van der Waals surface area contributed by atoms with Gasteiger partial charge in [-0.3, -0.25) is 4.90 Å². The van der Waals surface area contributed by atoms with Crippen LogP contribution in [0, 0.1) is 0 Å². The van der Waals surface area contributed by atoms with E-state index in [0.29, 0.717) is 13.0 Å². The summed E-state index contributed by atoms with van der Waals surface area (Å²) >= 11 is 0. The van der Waals surface area contributed by atoms with Gasteiger partial charge in [-0.2, -0.15) is 0 Å². The van der Waals surface area contributed by atoms with Crippen LogP contribution in [0.3, 0.4) is 0 Å². The molecular weight excluding hydrogens is 290 g/mol. The molecule has 0 radical (unpaired) electrons. The molecule has 1 unspecified atom stereocenters. The van der Waals surface area contributed by atoms with Gasteiger partial charge in [0.15, 0.2) is 0 Å². The Hall–Kier alpha value is -1.81. The molecule has 0 heterocycles. The molecule has 1 N–H and O–H groups in total. The Labute approximate surface area is 139 Å². The van der Waals surface area contributed by atoms with Gasteiger partial charge in [0.25, 0.3) is 0 Å². The maximum Gasteiger partial charge on any atom is 0.410 e. The van der Waals surface area contributed by atoms with Gasteiger partial charge >= 0.3 is 6.09 Å². The number of hydrogen-bond donors (Lipinski definition) is 1. The smallest absolute Gasteiger partial charge is 0.410 e. The fourth-order valence-corrected chi connectivity index (χ4v) is 2.38. The largest absolute Gasteiger partial charge is 0.444 e. The second-order valence-electron chi connectivity index (χ2n) is 6.68. The minimum Gasteiger partial charge on any atom is -0.444 e. The molecule has 0 spiro atoms. The van der Waals surface area contributed by atoms with E-state index in [4.69, 9.17) is 4.74 Å². The highest BCUT2D eigenvalue weighted by Gasteiger charge is 2.31. The van der Waals surface area contributed by atoms with Crippen LogP contribution in [0.2, 0.25) is 0 Å². The minimum absolute atomic E-state index is 0.354. The number of aliphatic hydroxyl groups excluding tert-OH is 1. The van der Waals surface area contributed by atoms with Crippen molar-refractivity contribution in [2.75, 3.05) is 0 Å². The lowest BCUT2D eigenvalue weighted by Crippen LogP contribution is -2.47. The third-order valence-corrected chi connectivity index (χ3v) is 3.44. The van der Waals surface area contributed by atoms with Crippen molar-refractivity contribution < 1.29 is 14.6 Å². The molecule has 0 aliphatic rings. The first-order chi connectivity index (χ1) is 10.8. The van der Waals surface area contributed by atoms with Gasteiger partial charge in [-0.15, -0.1) is 6.58 Å². The number of carbonyl (C=O) groups excluding carboxylic acids is 1. The summed E-state index contributed by atoms with van der Waals surface area (Å²) in [6.45, 7) is 11.6. The highest BCUT2D eigenvalue weighted by molar-refractivity contribution is 5.68. The van der Waals surface area contributed by atoms with Crippen molar-refractivity contribution in [3.8, 4) is 0 Å². The summed E-state index contributed by atoms with van der Waals surface area (Å²) in [7, 11) is 0. The van der Waals surface area contributed by atoms with Crippen LogP contribution in [0.5, 0.6) is 0 Å². The molecule has 0 saturated carbocycles. The Morgan fingerprint density at radius 2 is 1.96 bits per heavy atom. The van der Waals surface area contributed by atoms with Crippen molar-refractivity contribution >= 4 is 6.09 Å². The summed E-state index contributed by atoms with van der Waals surface area (Å²) in [4.78, 5) is 14.3. The third-order valence-electron chi connectivity index (χ3n) is 3.44. The standard InChI is InChI=1S/C19H29NO3/c1-6-11-16(17(21)7-2)20(18(22)23-19(3,4)5)14-15-12-9-8-10-13-15/h7-10,12-13,16-17,21H,2,6,11,14H2,1,3-5H3/t16-,17?/m0/s1. The summed E-state index contributed by atoms with van der Waals surface area (Å²) in [5.41, 5.74) is 0.415. The van der Waals surface area contributed by atoms with Crippen LogP contribution in [0.25, 0.3) is 0 Å². The van der Waals surface area contributed by atoms with Gasteiger partial charge in [0.05, 0.1) is 12.1 Å². The zero-order valence-corrected chi connectivity index (χ0v) is 14.7. The number of carbonyl (C=O) groups is 1. The van der Waals surface area contributed by atoms with E-state index >= 15 is 0 Å². The van der Waals surface area contributed by atoms with Gasteiger partial charge < -0.3 is 9.84 Å². The molecule has 4 nitrogen and oxygen atoms in total. The van der Waals surface area contributed by atoms with Crippen LogP contribution in [0.15, 0.2) is 43.0 Å². The monoisotopic (exact) mass is 319 g/mol. The molecule has 1 aromatic rings. The van der Waals surface area contributed by atoms with Gasteiger partial charge in [0.2, 0.25) is 0 Å². The quantitative estimate of drug-likeness (QED) is 0.768. The fourth-order valence-electron chi connectivity index (χ4n) is 2.38. The Morgan fingerprint density at radius 1 is 1.35 bits per heavy atom. The molecule has 1 rings (SSSR count). The lowest BCUT2D eigenvalue weighted by Gasteiger charge is -2.35. The van der Waals surface area contributed by atoms with Gasteiger partial charge in [0.1, 0.15) is 5.60 Å². The fraction of sp³-hybridized carbons (Fsp3) is 0.526. The van der Waals surface area contributed by atoms with E-state index in [0.717, 1.165) is 12.0 Å². The maximum atomic E-state index is 12.7. The van der Waals surface area contributed by atoms with Crippen LogP contribution in [0.1, 0.15) is 46.1 Å². The molecule has 0 aromatic heterocycles. The van der Waals surface area contributed by atoms with E-state index < -0.39 is 17.8 Å². The second kappa shape index (κ2) is 8.73. The Kier molecular flexibility index (Phi) is 7.30. The van der Waals surface area contributed by atoms with Crippen LogP contribution in [0.4, 0.5) is 4.79 Å². The molecule has 0 bridgehead atoms. The molecule has 128 valence electrons. The number of nitrogens with zero attached hydrogens (tertiary/aromatic N) is 1. The van der Waals surface area contributed by atoms with Crippen LogP contribution >= 0.6 is 0 Å². The first kappa shape index (κ1) is 19.2. The Bertz CT molecular complexity index is 493. The maximum absolute atomic E-state index is 12.7. The average molecular weight is 319 g/mol. The zero-order chi connectivity index (χ0) is 17.5. The van der Waals surface area contributed by atoms with Crippen molar-refractivity contribution in [3.63, 3.8) is 0 Å². The predicted molar refractivity (Wildman–Crippen MR) is 93.1 cm³/mol. The van der Waals surface area contributed by atoms with Gasteiger partial charge in [0, 0.05) is 6.54 Å². The predicted octanol–water partition coefficient (Wildman–Crippen LogP) is 4.14. The zero-order valence-electron chi connectivity index (χ0n) is 14.7. The van der Waals surface area contributed by atoms with Crippen LogP contribution in [-0.4, -0.2) is 33.8 Å². The Balaban J connectivity index is 3.07. The van der Waals surface area contributed by atoms with Crippen molar-refractivity contribution in [1.29, 1.82) is 0 Å². The van der Waals surface area contributed by atoms with Gasteiger partial charge in [-0.1, -0.05) is 49.8 Å². The number of amides is 1. The number of ether oxygens (including phenoxy) is 1. The van der Waals surface area contributed by atoms with Crippen LogP contribution in [-0.2, 0) is 11.3 Å². The Morgan fingerprint density at radius 3 is 2.43 bits per heavy atom. The topological polar surface area (TPSA) is 49.8 Å². The first-order valence-corrected chi connectivity index (χ1v) is 8.12. The molecule has 0 aliphatic carbocycles. The molecule has 1 amide bonds. The summed E-state index contributed by atoms with van der Waals surface area (Å²) < 4.78 is 5.54. The lowest BCUT2D eigenvalue weighted by molar-refractivity contribution is -0.00284. The molecule has 2 atom stereocenters. The van der Waals surface area contributed by atoms with Crippen molar-refractivity contribution in [2.24, 2.45) is 0 Å². The second-order valence-corrected chi connectivity index (χ2v) is 6.68. The number of aliphatic hydroxyl groups is 1. The van der Waals surface area contributed by atoms with Crippen LogP contribution < -0.4 is 0 Å². The number of rotatable bonds is 7. The molecule has 1 aromatic carbocycles. The molecule has 4 heteroatoms. The number of benzene rings is 1. The van der Waals surface area contributed by atoms with E-state index in [1.165, 1.54) is 6.08 Å². The summed E-state index contributed by atoms with van der Waals surface area (Å²) in [6.07, 6.45) is 1.80. The summed E-state index contributed by atoms with van der Waals surface area (Å²) in [6, 6.07) is 9.36. The van der Waals surface area contributed by atoms with Gasteiger partial charge in [-0.25, -0.2) is 4.79 Å². The molecule has 0 fully saturated rings. The normalized spacial score (nSPS) is 14.0. The molecule has 0 aliphatic heterocycles. The summed E-state index contributed by atoms with van der Waals surface area (Å²) in [5.74, 6) is 0. The van der Waals surface area contributed by atoms with E-state index in [9.17, 15) is 9.90 Å². The van der Waals surface area contributed by atoms with E-state index in [1.807, 2.05) is 58.0 Å². The third kappa shape index (κ3) is 6.45. The summed E-state index contributed by atoms with van der Waals surface area (Å²) in [5, 5.41) is 10.3. The SMILES string of the molecule is C=CC(O)[C@H](CCC)N(Cc1ccccc1)C(=O)OC(C)(C)C. The highest BCUT2D eigenvalue weighted by Crippen LogP contribution is 2.20. The van der Waals surface area contributed by atoms with E-state index in [1.54, 1.807) is 4.90 Å². The molecule has 23 heavy (non-hydrogen) atoms. The minimum atomic E-state index is -0.786. The van der Waals surface area contributed by atoms with E-state index in [2.05, 4.69) is 6.58 Å².